The first-order valence-electron chi connectivity index (χ1n) is 6.92. The Morgan fingerprint density at radius 1 is 1.33 bits per heavy atom. The zero-order chi connectivity index (χ0) is 12.2. The number of hydrogen-bond acceptors (Lipinski definition) is 3. The van der Waals surface area contributed by atoms with Crippen LogP contribution in [0.25, 0.3) is 0 Å². The molecule has 96 valence electrons. The van der Waals surface area contributed by atoms with E-state index in [1.165, 1.54) is 29.7 Å². The van der Waals surface area contributed by atoms with Gasteiger partial charge in [-0.1, -0.05) is 18.2 Å². The van der Waals surface area contributed by atoms with Gasteiger partial charge in [0.1, 0.15) is 0 Å². The standard InChI is InChI=1S/C15H19NOS/c16-15(8-11-5-6-14(15)17-11)9-12-7-10-3-1-2-4-13(10)18-12/h1-4,11-12,14H,5-9,16H2. The van der Waals surface area contributed by atoms with Crippen LogP contribution in [0, 0.1) is 0 Å². The predicted octanol–water partition coefficient (Wildman–Crippen LogP) is 2.74. The molecule has 2 fully saturated rings. The summed E-state index contributed by atoms with van der Waals surface area (Å²) in [6.07, 6.45) is 6.53. The average molecular weight is 261 g/mol. The molecule has 1 aromatic rings. The molecule has 4 atom stereocenters. The first-order chi connectivity index (χ1) is 8.73. The largest absolute Gasteiger partial charge is 0.373 e. The van der Waals surface area contributed by atoms with Crippen LogP contribution >= 0.6 is 11.8 Å². The molecule has 4 rings (SSSR count). The van der Waals surface area contributed by atoms with Crippen LogP contribution in [0.15, 0.2) is 29.2 Å². The maximum absolute atomic E-state index is 6.62. The van der Waals surface area contributed by atoms with Crippen LogP contribution in [-0.2, 0) is 11.2 Å². The highest BCUT2D eigenvalue weighted by atomic mass is 32.2. The molecule has 4 unspecified atom stereocenters. The van der Waals surface area contributed by atoms with Crippen molar-refractivity contribution in [2.45, 2.75) is 60.0 Å². The quantitative estimate of drug-likeness (QED) is 0.889. The minimum absolute atomic E-state index is 0.0530. The molecule has 3 aliphatic rings. The summed E-state index contributed by atoms with van der Waals surface area (Å²) in [4.78, 5) is 1.45. The van der Waals surface area contributed by atoms with Crippen molar-refractivity contribution < 1.29 is 4.74 Å². The number of fused-ring (bicyclic) bond motifs is 3. The van der Waals surface area contributed by atoms with Crippen molar-refractivity contribution in [1.82, 2.24) is 0 Å². The number of rotatable bonds is 2. The Morgan fingerprint density at radius 2 is 2.22 bits per heavy atom. The summed E-state index contributed by atoms with van der Waals surface area (Å²) in [5.74, 6) is 0. The second kappa shape index (κ2) is 3.99. The molecule has 2 bridgehead atoms. The van der Waals surface area contributed by atoms with E-state index in [9.17, 15) is 0 Å². The summed E-state index contributed by atoms with van der Waals surface area (Å²) < 4.78 is 5.94. The second-order valence-corrected chi connectivity index (χ2v) is 7.36. The molecule has 0 spiro atoms. The normalized spacial score (nSPS) is 41.3. The summed E-state index contributed by atoms with van der Waals surface area (Å²) in [5.41, 5.74) is 8.07. The molecule has 1 aromatic carbocycles. The topological polar surface area (TPSA) is 35.2 Å². The SMILES string of the molecule is NC1(CC2Cc3ccccc3S2)CC2CCC1O2. The Labute approximate surface area is 112 Å². The molecule has 3 heteroatoms. The van der Waals surface area contributed by atoms with E-state index in [1.807, 2.05) is 11.8 Å². The highest BCUT2D eigenvalue weighted by Crippen LogP contribution is 2.47. The molecular formula is C15H19NOS. The van der Waals surface area contributed by atoms with Gasteiger partial charge in [0.25, 0.3) is 0 Å². The molecule has 3 aliphatic heterocycles. The lowest BCUT2D eigenvalue weighted by Crippen LogP contribution is -2.50. The van der Waals surface area contributed by atoms with E-state index in [-0.39, 0.29) is 5.54 Å². The van der Waals surface area contributed by atoms with Crippen LogP contribution in [0.1, 0.15) is 31.2 Å². The zero-order valence-corrected chi connectivity index (χ0v) is 11.3. The number of hydrogen-bond donors (Lipinski definition) is 1. The lowest BCUT2D eigenvalue weighted by Gasteiger charge is -2.33. The second-order valence-electron chi connectivity index (χ2n) is 6.02. The van der Waals surface area contributed by atoms with E-state index in [0.29, 0.717) is 17.5 Å². The first-order valence-corrected chi connectivity index (χ1v) is 7.80. The molecule has 2 N–H and O–H groups in total. The number of benzene rings is 1. The Balaban J connectivity index is 1.48. The van der Waals surface area contributed by atoms with Gasteiger partial charge < -0.3 is 10.5 Å². The predicted molar refractivity (Wildman–Crippen MR) is 73.8 cm³/mol. The van der Waals surface area contributed by atoms with E-state index in [0.717, 1.165) is 12.8 Å². The highest BCUT2D eigenvalue weighted by Gasteiger charge is 2.51. The Kier molecular flexibility index (Phi) is 2.51. The van der Waals surface area contributed by atoms with Crippen molar-refractivity contribution in [3.05, 3.63) is 29.8 Å². The monoisotopic (exact) mass is 261 g/mol. The molecule has 0 amide bonds. The van der Waals surface area contributed by atoms with Gasteiger partial charge in [0.05, 0.1) is 12.2 Å². The van der Waals surface area contributed by atoms with Crippen LogP contribution in [-0.4, -0.2) is 23.0 Å². The van der Waals surface area contributed by atoms with Crippen molar-refractivity contribution >= 4 is 11.8 Å². The minimum atomic E-state index is -0.0530. The average Bonchev–Trinajstić information content (AvgIpc) is 3.00. The van der Waals surface area contributed by atoms with Crippen molar-refractivity contribution in [2.24, 2.45) is 5.73 Å². The van der Waals surface area contributed by atoms with Crippen LogP contribution < -0.4 is 5.73 Å². The lowest BCUT2D eigenvalue weighted by molar-refractivity contribution is 0.0838. The molecule has 18 heavy (non-hydrogen) atoms. The zero-order valence-electron chi connectivity index (χ0n) is 10.5. The summed E-state index contributed by atoms with van der Waals surface area (Å²) in [6.45, 7) is 0. The maximum atomic E-state index is 6.62. The van der Waals surface area contributed by atoms with Crippen molar-refractivity contribution in [2.75, 3.05) is 0 Å². The fourth-order valence-corrected chi connectivity index (χ4v) is 5.32. The molecule has 0 aliphatic carbocycles. The van der Waals surface area contributed by atoms with Gasteiger partial charge in [-0.15, -0.1) is 11.8 Å². The van der Waals surface area contributed by atoms with Crippen LogP contribution in [0.3, 0.4) is 0 Å². The Bertz CT molecular complexity index is 452. The molecule has 0 saturated carbocycles. The highest BCUT2D eigenvalue weighted by molar-refractivity contribution is 8.00. The third-order valence-corrected chi connectivity index (χ3v) is 6.00. The van der Waals surface area contributed by atoms with E-state index in [1.54, 1.807) is 0 Å². The van der Waals surface area contributed by atoms with E-state index in [2.05, 4.69) is 24.3 Å². The van der Waals surface area contributed by atoms with Crippen LogP contribution in [0.5, 0.6) is 0 Å². The fourth-order valence-electron chi connectivity index (χ4n) is 3.84. The summed E-state index contributed by atoms with van der Waals surface area (Å²) in [7, 11) is 0. The summed E-state index contributed by atoms with van der Waals surface area (Å²) >= 11 is 2.01. The summed E-state index contributed by atoms with van der Waals surface area (Å²) in [6, 6.07) is 8.76. The van der Waals surface area contributed by atoms with Crippen LogP contribution in [0.2, 0.25) is 0 Å². The van der Waals surface area contributed by atoms with Crippen molar-refractivity contribution in [3.8, 4) is 0 Å². The van der Waals surface area contributed by atoms with E-state index in [4.69, 9.17) is 10.5 Å². The summed E-state index contributed by atoms with van der Waals surface area (Å²) in [5, 5.41) is 0.648. The Hall–Kier alpha value is -0.510. The van der Waals surface area contributed by atoms with Gasteiger partial charge in [-0.05, 0) is 43.7 Å². The number of nitrogens with two attached hydrogens (primary N) is 1. The lowest BCUT2D eigenvalue weighted by atomic mass is 9.78. The third-order valence-electron chi connectivity index (χ3n) is 4.68. The number of ether oxygens (including phenoxy) is 1. The van der Waals surface area contributed by atoms with Crippen LogP contribution in [0.4, 0.5) is 0 Å². The van der Waals surface area contributed by atoms with Gasteiger partial charge >= 0.3 is 0 Å². The van der Waals surface area contributed by atoms with Gasteiger partial charge in [-0.3, -0.25) is 0 Å². The third kappa shape index (κ3) is 1.72. The fraction of sp³-hybridized carbons (Fsp3) is 0.600. The van der Waals surface area contributed by atoms with Crippen molar-refractivity contribution in [1.29, 1.82) is 0 Å². The first kappa shape index (κ1) is 11.3. The van der Waals surface area contributed by atoms with Gasteiger partial charge in [0, 0.05) is 15.7 Å². The number of thioether (sulfide) groups is 1. The van der Waals surface area contributed by atoms with E-state index >= 15 is 0 Å². The van der Waals surface area contributed by atoms with Gasteiger partial charge in [-0.2, -0.15) is 0 Å². The molecular weight excluding hydrogens is 242 g/mol. The minimum Gasteiger partial charge on any atom is -0.373 e. The Morgan fingerprint density at radius 3 is 2.94 bits per heavy atom. The molecule has 0 radical (unpaired) electrons. The molecule has 3 heterocycles. The molecule has 0 aromatic heterocycles. The maximum Gasteiger partial charge on any atom is 0.0760 e. The van der Waals surface area contributed by atoms with Gasteiger partial charge in [-0.25, -0.2) is 0 Å². The molecule has 2 nitrogen and oxygen atoms in total. The van der Waals surface area contributed by atoms with E-state index < -0.39 is 0 Å². The van der Waals surface area contributed by atoms with Gasteiger partial charge in [0.15, 0.2) is 0 Å². The smallest absolute Gasteiger partial charge is 0.0760 e. The van der Waals surface area contributed by atoms with Gasteiger partial charge in [0.2, 0.25) is 0 Å². The van der Waals surface area contributed by atoms with Crippen molar-refractivity contribution in [3.63, 3.8) is 0 Å². The molecule has 2 saturated heterocycles.